The number of hydrogen-bond acceptors (Lipinski definition) is 5. The molecule has 5 heteroatoms. The average Bonchev–Trinajstić information content (AvgIpc) is 3.09. The Morgan fingerprint density at radius 3 is 2.95 bits per heavy atom. The molecule has 0 radical (unpaired) electrons. The van der Waals surface area contributed by atoms with Gasteiger partial charge in [0.25, 0.3) is 5.89 Å². The molecule has 2 heterocycles. The maximum atomic E-state index is 9.29. The van der Waals surface area contributed by atoms with Crippen LogP contribution in [-0.2, 0) is 6.54 Å². The number of rotatable bonds is 4. The van der Waals surface area contributed by atoms with E-state index in [4.69, 9.17) is 4.52 Å². The van der Waals surface area contributed by atoms with Crippen LogP contribution in [0.5, 0.6) is 0 Å². The van der Waals surface area contributed by atoms with Crippen LogP contribution in [0.1, 0.15) is 18.7 Å². The van der Waals surface area contributed by atoms with E-state index in [9.17, 15) is 5.11 Å². The van der Waals surface area contributed by atoms with E-state index in [1.54, 1.807) is 0 Å². The van der Waals surface area contributed by atoms with Gasteiger partial charge >= 0.3 is 0 Å². The molecule has 0 spiro atoms. The van der Waals surface area contributed by atoms with Crippen LogP contribution < -0.4 is 0 Å². The van der Waals surface area contributed by atoms with Gasteiger partial charge < -0.3 is 9.63 Å². The van der Waals surface area contributed by atoms with Crippen molar-refractivity contribution in [1.29, 1.82) is 0 Å². The van der Waals surface area contributed by atoms with E-state index in [-0.39, 0.29) is 12.6 Å². The molecule has 0 aliphatic carbocycles. The van der Waals surface area contributed by atoms with Crippen molar-refractivity contribution in [1.82, 2.24) is 15.0 Å². The Labute approximate surface area is 111 Å². The summed E-state index contributed by atoms with van der Waals surface area (Å²) < 4.78 is 5.28. The highest BCUT2D eigenvalue weighted by Crippen LogP contribution is 2.20. The molecule has 0 amide bonds. The van der Waals surface area contributed by atoms with Crippen LogP contribution in [-0.4, -0.2) is 39.3 Å². The van der Waals surface area contributed by atoms with Crippen molar-refractivity contribution in [2.45, 2.75) is 25.4 Å². The fourth-order valence-corrected chi connectivity index (χ4v) is 2.51. The molecule has 0 unspecified atom stereocenters. The van der Waals surface area contributed by atoms with Gasteiger partial charge in [0.05, 0.1) is 13.2 Å². The maximum Gasteiger partial charge on any atom is 0.257 e. The van der Waals surface area contributed by atoms with E-state index in [0.29, 0.717) is 18.3 Å². The van der Waals surface area contributed by atoms with Crippen molar-refractivity contribution in [3.63, 3.8) is 0 Å². The summed E-state index contributed by atoms with van der Waals surface area (Å²) in [5.41, 5.74) is 0.932. The fraction of sp³-hybridized carbons (Fsp3) is 0.429. The zero-order valence-electron chi connectivity index (χ0n) is 10.7. The first kappa shape index (κ1) is 12.3. The minimum absolute atomic E-state index is 0.198. The van der Waals surface area contributed by atoms with Gasteiger partial charge in [0.1, 0.15) is 0 Å². The Hall–Kier alpha value is -1.72. The van der Waals surface area contributed by atoms with Gasteiger partial charge in [-0.15, -0.1) is 0 Å². The molecule has 1 aromatic heterocycles. The highest BCUT2D eigenvalue weighted by atomic mass is 16.5. The minimum Gasteiger partial charge on any atom is -0.395 e. The Kier molecular flexibility index (Phi) is 3.57. The summed E-state index contributed by atoms with van der Waals surface area (Å²) in [6.45, 7) is 1.82. The van der Waals surface area contributed by atoms with Crippen LogP contribution in [0.15, 0.2) is 34.9 Å². The Morgan fingerprint density at radius 1 is 1.32 bits per heavy atom. The second kappa shape index (κ2) is 5.50. The van der Waals surface area contributed by atoms with Crippen LogP contribution in [0.4, 0.5) is 0 Å². The van der Waals surface area contributed by atoms with Crippen LogP contribution in [0.2, 0.25) is 0 Å². The lowest BCUT2D eigenvalue weighted by molar-refractivity contribution is 0.150. The second-order valence-corrected chi connectivity index (χ2v) is 4.83. The quantitative estimate of drug-likeness (QED) is 0.905. The highest BCUT2D eigenvalue weighted by molar-refractivity contribution is 5.51. The molecular weight excluding hydrogens is 242 g/mol. The SMILES string of the molecule is OC[C@@H]1CCCN1Cc1noc(-c2ccccc2)n1. The fourth-order valence-electron chi connectivity index (χ4n) is 2.51. The maximum absolute atomic E-state index is 9.29. The van der Waals surface area contributed by atoms with Gasteiger partial charge in [-0.1, -0.05) is 23.4 Å². The predicted molar refractivity (Wildman–Crippen MR) is 70.3 cm³/mol. The van der Waals surface area contributed by atoms with Gasteiger partial charge in [-0.05, 0) is 31.5 Å². The third kappa shape index (κ3) is 2.67. The standard InChI is InChI=1S/C14H17N3O2/c18-10-12-7-4-8-17(12)9-13-15-14(19-16-13)11-5-2-1-3-6-11/h1-3,5-6,12,18H,4,7-10H2/t12-/m0/s1. The number of aromatic nitrogens is 2. The highest BCUT2D eigenvalue weighted by Gasteiger charge is 2.25. The van der Waals surface area contributed by atoms with E-state index in [0.717, 1.165) is 24.9 Å². The zero-order valence-corrected chi connectivity index (χ0v) is 10.7. The molecule has 1 aromatic carbocycles. The summed E-state index contributed by atoms with van der Waals surface area (Å²) in [5.74, 6) is 1.23. The molecular formula is C14H17N3O2. The number of aliphatic hydroxyl groups excluding tert-OH is 1. The second-order valence-electron chi connectivity index (χ2n) is 4.83. The summed E-state index contributed by atoms with van der Waals surface area (Å²) in [5, 5.41) is 13.3. The lowest BCUT2D eigenvalue weighted by atomic mass is 10.2. The van der Waals surface area contributed by atoms with Gasteiger partial charge in [0.2, 0.25) is 0 Å². The monoisotopic (exact) mass is 259 g/mol. The molecule has 19 heavy (non-hydrogen) atoms. The van der Waals surface area contributed by atoms with Crippen LogP contribution >= 0.6 is 0 Å². The van der Waals surface area contributed by atoms with Gasteiger partial charge in [0.15, 0.2) is 5.82 Å². The molecule has 1 aliphatic rings. The third-order valence-electron chi connectivity index (χ3n) is 3.54. The molecule has 1 fully saturated rings. The average molecular weight is 259 g/mol. The normalized spacial score (nSPS) is 19.9. The van der Waals surface area contributed by atoms with Gasteiger partial charge in [-0.2, -0.15) is 4.98 Å². The van der Waals surface area contributed by atoms with Crippen molar-refractivity contribution in [3.05, 3.63) is 36.2 Å². The molecule has 100 valence electrons. The number of aliphatic hydroxyl groups is 1. The summed E-state index contributed by atoms with van der Waals surface area (Å²) >= 11 is 0. The lowest BCUT2D eigenvalue weighted by Gasteiger charge is -2.20. The third-order valence-corrected chi connectivity index (χ3v) is 3.54. The van der Waals surface area contributed by atoms with Gasteiger partial charge in [0, 0.05) is 11.6 Å². The molecule has 5 nitrogen and oxygen atoms in total. The molecule has 0 bridgehead atoms. The largest absolute Gasteiger partial charge is 0.395 e. The van der Waals surface area contributed by atoms with E-state index in [1.807, 2.05) is 30.3 Å². The lowest BCUT2D eigenvalue weighted by Crippen LogP contribution is -2.31. The van der Waals surface area contributed by atoms with Crippen LogP contribution in [0.3, 0.4) is 0 Å². The molecule has 1 aliphatic heterocycles. The summed E-state index contributed by atoms with van der Waals surface area (Å²) in [4.78, 5) is 6.62. The smallest absolute Gasteiger partial charge is 0.257 e. The summed E-state index contributed by atoms with van der Waals surface area (Å²) in [6, 6.07) is 9.98. The number of nitrogens with zero attached hydrogens (tertiary/aromatic N) is 3. The molecule has 2 aromatic rings. The van der Waals surface area contributed by atoms with Crippen molar-refractivity contribution in [2.24, 2.45) is 0 Å². The Bertz CT molecular complexity index is 526. The van der Waals surface area contributed by atoms with Crippen molar-refractivity contribution < 1.29 is 9.63 Å². The molecule has 1 saturated heterocycles. The summed E-state index contributed by atoms with van der Waals surface area (Å²) in [7, 11) is 0. The molecule has 1 atom stereocenters. The van der Waals surface area contributed by atoms with Crippen molar-refractivity contribution in [2.75, 3.05) is 13.2 Å². The van der Waals surface area contributed by atoms with Crippen LogP contribution in [0, 0.1) is 0 Å². The topological polar surface area (TPSA) is 62.4 Å². The first-order valence-corrected chi connectivity index (χ1v) is 6.60. The molecule has 3 rings (SSSR count). The Balaban J connectivity index is 1.72. The number of benzene rings is 1. The summed E-state index contributed by atoms with van der Waals surface area (Å²) in [6.07, 6.45) is 2.16. The van der Waals surface area contributed by atoms with E-state index in [1.165, 1.54) is 0 Å². The van der Waals surface area contributed by atoms with E-state index < -0.39 is 0 Å². The predicted octanol–water partition coefficient (Wildman–Crippen LogP) is 1.69. The zero-order chi connectivity index (χ0) is 13.1. The Morgan fingerprint density at radius 2 is 2.16 bits per heavy atom. The van der Waals surface area contributed by atoms with E-state index >= 15 is 0 Å². The first-order valence-electron chi connectivity index (χ1n) is 6.60. The van der Waals surface area contributed by atoms with Crippen LogP contribution in [0.25, 0.3) is 11.5 Å². The van der Waals surface area contributed by atoms with Gasteiger partial charge in [-0.3, -0.25) is 4.90 Å². The molecule has 0 saturated carbocycles. The van der Waals surface area contributed by atoms with Crippen molar-refractivity contribution in [3.8, 4) is 11.5 Å². The number of hydrogen-bond donors (Lipinski definition) is 1. The number of likely N-dealkylation sites (tertiary alicyclic amines) is 1. The molecule has 1 N–H and O–H groups in total. The van der Waals surface area contributed by atoms with Crippen molar-refractivity contribution >= 4 is 0 Å². The minimum atomic E-state index is 0.198. The van der Waals surface area contributed by atoms with Gasteiger partial charge in [-0.25, -0.2) is 0 Å². The first-order chi connectivity index (χ1) is 9.36. The van der Waals surface area contributed by atoms with E-state index in [2.05, 4.69) is 15.0 Å².